The lowest BCUT2D eigenvalue weighted by Crippen LogP contribution is -2.31. The van der Waals surface area contributed by atoms with Crippen molar-refractivity contribution in [1.29, 1.82) is 0 Å². The first-order chi connectivity index (χ1) is 8.49. The highest BCUT2D eigenvalue weighted by atomic mass is 16.6. The van der Waals surface area contributed by atoms with E-state index in [2.05, 4.69) is 5.32 Å². The van der Waals surface area contributed by atoms with Crippen LogP contribution in [0, 0.1) is 10.1 Å². The second-order valence-electron chi connectivity index (χ2n) is 3.93. The predicted molar refractivity (Wildman–Crippen MR) is 66.9 cm³/mol. The number of hydrogen-bond donors (Lipinski definition) is 1. The molecule has 0 saturated heterocycles. The number of benzene rings is 1. The summed E-state index contributed by atoms with van der Waals surface area (Å²) in [6.07, 6.45) is 0.815. The molecule has 6 nitrogen and oxygen atoms in total. The van der Waals surface area contributed by atoms with Crippen LogP contribution in [0.25, 0.3) is 0 Å². The third-order valence-corrected chi connectivity index (χ3v) is 2.63. The second-order valence-corrected chi connectivity index (χ2v) is 3.93. The van der Waals surface area contributed by atoms with Crippen LogP contribution < -0.4 is 10.1 Å². The van der Waals surface area contributed by atoms with Gasteiger partial charge >= 0.3 is 5.69 Å². The molecule has 1 N–H and O–H groups in total. The second kappa shape index (κ2) is 6.00. The fourth-order valence-electron chi connectivity index (χ4n) is 1.38. The van der Waals surface area contributed by atoms with Gasteiger partial charge < -0.3 is 10.1 Å². The highest BCUT2D eigenvalue weighted by Gasteiger charge is 2.17. The molecule has 1 amide bonds. The third kappa shape index (κ3) is 3.19. The predicted octanol–water partition coefficient (Wildman–Crippen LogP) is 2.13. The summed E-state index contributed by atoms with van der Waals surface area (Å²) in [4.78, 5) is 22.0. The molecular weight excluding hydrogens is 236 g/mol. The SMILES string of the molecule is CCC(C)NC(=O)c1ccc([N+](=O)[O-])c(OC)c1. The molecule has 0 radical (unpaired) electrons. The van der Waals surface area contributed by atoms with Crippen molar-refractivity contribution in [1.82, 2.24) is 5.32 Å². The van der Waals surface area contributed by atoms with Crippen molar-refractivity contribution < 1.29 is 14.5 Å². The van der Waals surface area contributed by atoms with Crippen molar-refractivity contribution >= 4 is 11.6 Å². The number of carbonyl (C=O) groups is 1. The highest BCUT2D eigenvalue weighted by molar-refractivity contribution is 5.95. The molecule has 0 aromatic heterocycles. The van der Waals surface area contributed by atoms with E-state index >= 15 is 0 Å². The molecule has 1 rings (SSSR count). The van der Waals surface area contributed by atoms with Crippen LogP contribution in [0.1, 0.15) is 30.6 Å². The number of methoxy groups -OCH3 is 1. The minimum atomic E-state index is -0.546. The minimum absolute atomic E-state index is 0.0543. The number of nitrogens with zero attached hydrogens (tertiary/aromatic N) is 1. The van der Waals surface area contributed by atoms with Gasteiger partial charge in [-0.3, -0.25) is 14.9 Å². The van der Waals surface area contributed by atoms with E-state index in [4.69, 9.17) is 4.74 Å². The Morgan fingerprint density at radius 1 is 1.56 bits per heavy atom. The zero-order valence-corrected chi connectivity index (χ0v) is 10.6. The quantitative estimate of drug-likeness (QED) is 0.643. The number of nitro benzene ring substituents is 1. The van der Waals surface area contributed by atoms with Crippen LogP contribution in [0.2, 0.25) is 0 Å². The summed E-state index contributed by atoms with van der Waals surface area (Å²) in [6, 6.07) is 4.11. The van der Waals surface area contributed by atoms with Gasteiger partial charge in [-0.1, -0.05) is 6.92 Å². The van der Waals surface area contributed by atoms with Crippen LogP contribution in [0.3, 0.4) is 0 Å². The van der Waals surface area contributed by atoms with Crippen molar-refractivity contribution in [3.63, 3.8) is 0 Å². The summed E-state index contributed by atoms with van der Waals surface area (Å²) < 4.78 is 4.91. The maximum absolute atomic E-state index is 11.8. The normalized spacial score (nSPS) is 11.7. The molecule has 0 fully saturated rings. The van der Waals surface area contributed by atoms with Crippen LogP contribution in [-0.4, -0.2) is 24.0 Å². The summed E-state index contributed by atoms with van der Waals surface area (Å²) >= 11 is 0. The van der Waals surface area contributed by atoms with E-state index in [0.29, 0.717) is 5.56 Å². The van der Waals surface area contributed by atoms with Crippen molar-refractivity contribution in [2.45, 2.75) is 26.3 Å². The van der Waals surface area contributed by atoms with Gasteiger partial charge in [0.05, 0.1) is 12.0 Å². The fourth-order valence-corrected chi connectivity index (χ4v) is 1.38. The first kappa shape index (κ1) is 14.0. The van der Waals surface area contributed by atoms with Gasteiger partial charge in [0.25, 0.3) is 5.91 Å². The Morgan fingerprint density at radius 3 is 2.72 bits per heavy atom. The molecule has 0 bridgehead atoms. The summed E-state index contributed by atoms with van der Waals surface area (Å²) in [5.41, 5.74) is 0.190. The molecule has 1 atom stereocenters. The molecule has 0 saturated carbocycles. The number of nitrogens with one attached hydrogen (secondary N) is 1. The standard InChI is InChI=1S/C12H16N2O4/c1-4-8(2)13-12(15)9-5-6-10(14(16)17)11(7-9)18-3/h5-8H,4H2,1-3H3,(H,13,15). The van der Waals surface area contributed by atoms with E-state index in [1.165, 1.54) is 25.3 Å². The Balaban J connectivity index is 2.98. The van der Waals surface area contributed by atoms with Gasteiger partial charge in [0.2, 0.25) is 0 Å². The molecule has 1 aromatic carbocycles. The lowest BCUT2D eigenvalue weighted by molar-refractivity contribution is -0.385. The summed E-state index contributed by atoms with van der Waals surface area (Å²) in [7, 11) is 1.33. The molecule has 6 heteroatoms. The van der Waals surface area contributed by atoms with Crippen LogP contribution in [0.15, 0.2) is 18.2 Å². The Hall–Kier alpha value is -2.11. The van der Waals surface area contributed by atoms with E-state index in [1.54, 1.807) is 0 Å². The molecule has 0 aliphatic heterocycles. The average molecular weight is 252 g/mol. The maximum Gasteiger partial charge on any atom is 0.310 e. The number of ether oxygens (including phenoxy) is 1. The Kier molecular flexibility index (Phi) is 4.65. The van der Waals surface area contributed by atoms with Crippen LogP contribution >= 0.6 is 0 Å². The lowest BCUT2D eigenvalue weighted by Gasteiger charge is -2.11. The third-order valence-electron chi connectivity index (χ3n) is 2.63. The number of rotatable bonds is 5. The molecule has 0 aliphatic rings. The monoisotopic (exact) mass is 252 g/mol. The summed E-state index contributed by atoms with van der Waals surface area (Å²) in [5, 5.41) is 13.5. The Bertz CT molecular complexity index is 459. The molecule has 0 heterocycles. The first-order valence-corrected chi connectivity index (χ1v) is 5.62. The average Bonchev–Trinajstić information content (AvgIpc) is 2.37. The Labute approximate surface area is 105 Å². The number of amides is 1. The zero-order valence-electron chi connectivity index (χ0n) is 10.6. The van der Waals surface area contributed by atoms with E-state index in [-0.39, 0.29) is 23.4 Å². The largest absolute Gasteiger partial charge is 0.490 e. The van der Waals surface area contributed by atoms with Crippen LogP contribution in [0.5, 0.6) is 5.75 Å². The zero-order chi connectivity index (χ0) is 13.7. The molecule has 0 spiro atoms. The van der Waals surface area contributed by atoms with Gasteiger partial charge in [0.15, 0.2) is 5.75 Å². The minimum Gasteiger partial charge on any atom is -0.490 e. The molecule has 0 aliphatic carbocycles. The van der Waals surface area contributed by atoms with Gasteiger partial charge in [0.1, 0.15) is 0 Å². The molecule has 1 unspecified atom stereocenters. The number of carbonyl (C=O) groups excluding carboxylic acids is 1. The number of nitro groups is 1. The van der Waals surface area contributed by atoms with Gasteiger partial charge in [-0.25, -0.2) is 0 Å². The molecule has 18 heavy (non-hydrogen) atoms. The number of hydrogen-bond acceptors (Lipinski definition) is 4. The fraction of sp³-hybridized carbons (Fsp3) is 0.417. The summed E-state index contributed by atoms with van der Waals surface area (Å²) in [6.45, 7) is 3.85. The van der Waals surface area contributed by atoms with Gasteiger partial charge in [-0.15, -0.1) is 0 Å². The molecule has 1 aromatic rings. The highest BCUT2D eigenvalue weighted by Crippen LogP contribution is 2.27. The van der Waals surface area contributed by atoms with Gasteiger partial charge in [0, 0.05) is 23.7 Å². The Morgan fingerprint density at radius 2 is 2.22 bits per heavy atom. The lowest BCUT2D eigenvalue weighted by atomic mass is 10.1. The topological polar surface area (TPSA) is 81.5 Å². The van der Waals surface area contributed by atoms with Crippen molar-refractivity contribution in [2.24, 2.45) is 0 Å². The first-order valence-electron chi connectivity index (χ1n) is 5.62. The van der Waals surface area contributed by atoms with E-state index in [9.17, 15) is 14.9 Å². The molecule has 98 valence electrons. The van der Waals surface area contributed by atoms with E-state index in [0.717, 1.165) is 6.42 Å². The van der Waals surface area contributed by atoms with Gasteiger partial charge in [-0.2, -0.15) is 0 Å². The summed E-state index contributed by atoms with van der Waals surface area (Å²) in [5.74, 6) is -0.186. The van der Waals surface area contributed by atoms with Gasteiger partial charge in [-0.05, 0) is 19.4 Å². The van der Waals surface area contributed by atoms with E-state index < -0.39 is 4.92 Å². The van der Waals surface area contributed by atoms with Crippen molar-refractivity contribution in [2.75, 3.05) is 7.11 Å². The van der Waals surface area contributed by atoms with E-state index in [1.807, 2.05) is 13.8 Å². The van der Waals surface area contributed by atoms with Crippen molar-refractivity contribution in [3.8, 4) is 5.75 Å². The smallest absolute Gasteiger partial charge is 0.310 e. The molecular formula is C12H16N2O4. The van der Waals surface area contributed by atoms with Crippen LogP contribution in [0.4, 0.5) is 5.69 Å². The maximum atomic E-state index is 11.8. The van der Waals surface area contributed by atoms with Crippen LogP contribution in [-0.2, 0) is 0 Å². The van der Waals surface area contributed by atoms with Crippen molar-refractivity contribution in [3.05, 3.63) is 33.9 Å².